The normalized spacial score (nSPS) is 12.3. The van der Waals surface area contributed by atoms with E-state index in [1.165, 1.54) is 6.08 Å². The van der Waals surface area contributed by atoms with E-state index in [1.807, 2.05) is 30.3 Å². The number of unbranched alkanes of at least 4 members (excludes halogenated alkanes) is 1. The minimum Gasteiger partial charge on any atom is -0.366 e. The highest BCUT2D eigenvalue weighted by Gasteiger charge is 2.17. The lowest BCUT2D eigenvalue weighted by atomic mass is 9.96. The predicted octanol–water partition coefficient (Wildman–Crippen LogP) is 1.32. The Bertz CT molecular complexity index is 877. The highest BCUT2D eigenvalue weighted by molar-refractivity contribution is 6.06. The third-order valence-corrected chi connectivity index (χ3v) is 4.37. The number of nitrogens with two attached hydrogens (primary N) is 3. The quantitative estimate of drug-likeness (QED) is 0.375. The first-order valence-corrected chi connectivity index (χ1v) is 9.40. The molecule has 2 rings (SSSR count). The Labute approximate surface area is 170 Å². The molecule has 1 atom stereocenters. The third-order valence-electron chi connectivity index (χ3n) is 4.37. The van der Waals surface area contributed by atoms with Gasteiger partial charge in [0.2, 0.25) is 11.8 Å². The summed E-state index contributed by atoms with van der Waals surface area (Å²) in [6.45, 7) is 0.536. The highest BCUT2D eigenvalue weighted by Crippen LogP contribution is 2.23. The van der Waals surface area contributed by atoms with Crippen molar-refractivity contribution in [1.82, 2.24) is 5.32 Å². The van der Waals surface area contributed by atoms with Gasteiger partial charge >= 0.3 is 0 Å². The van der Waals surface area contributed by atoms with Crippen LogP contribution in [-0.4, -0.2) is 30.3 Å². The molecular formula is C22H26N4O3. The van der Waals surface area contributed by atoms with E-state index in [-0.39, 0.29) is 0 Å². The van der Waals surface area contributed by atoms with E-state index in [4.69, 9.17) is 17.2 Å². The van der Waals surface area contributed by atoms with Crippen LogP contribution in [0.1, 0.15) is 40.7 Å². The molecule has 152 valence electrons. The Balaban J connectivity index is 2.11. The van der Waals surface area contributed by atoms with Crippen LogP contribution in [0.2, 0.25) is 0 Å². The van der Waals surface area contributed by atoms with Gasteiger partial charge in [-0.05, 0) is 48.2 Å². The zero-order valence-electron chi connectivity index (χ0n) is 16.1. The zero-order valence-corrected chi connectivity index (χ0v) is 16.1. The molecule has 0 aliphatic carbocycles. The van der Waals surface area contributed by atoms with Gasteiger partial charge in [-0.3, -0.25) is 19.7 Å². The average Bonchev–Trinajstić information content (AvgIpc) is 2.72. The molecule has 0 aromatic heterocycles. The number of amides is 3. The van der Waals surface area contributed by atoms with Crippen molar-refractivity contribution in [1.29, 1.82) is 0 Å². The van der Waals surface area contributed by atoms with Gasteiger partial charge in [0.25, 0.3) is 5.91 Å². The van der Waals surface area contributed by atoms with Crippen LogP contribution in [0.5, 0.6) is 0 Å². The number of carbonyl (C=O) groups is 3. The lowest BCUT2D eigenvalue weighted by molar-refractivity contribution is -0.121. The number of nitrogens with one attached hydrogen (secondary N) is 1. The maximum absolute atomic E-state index is 12.3. The number of carbonyl (C=O) groups excluding carboxylic acids is 3. The fourth-order valence-corrected chi connectivity index (χ4v) is 2.81. The van der Waals surface area contributed by atoms with Crippen molar-refractivity contribution in [3.8, 4) is 0 Å². The van der Waals surface area contributed by atoms with Crippen LogP contribution in [0.25, 0.3) is 5.57 Å². The molecular weight excluding hydrogens is 368 g/mol. The van der Waals surface area contributed by atoms with Crippen LogP contribution in [0.3, 0.4) is 0 Å². The van der Waals surface area contributed by atoms with Crippen molar-refractivity contribution in [2.75, 3.05) is 6.54 Å². The van der Waals surface area contributed by atoms with Crippen molar-refractivity contribution in [2.24, 2.45) is 17.2 Å². The van der Waals surface area contributed by atoms with E-state index < -0.39 is 23.8 Å². The van der Waals surface area contributed by atoms with Crippen molar-refractivity contribution in [3.63, 3.8) is 0 Å². The summed E-state index contributed by atoms with van der Waals surface area (Å²) >= 11 is 0. The summed E-state index contributed by atoms with van der Waals surface area (Å²) in [5, 5.41) is 2.31. The predicted molar refractivity (Wildman–Crippen MR) is 113 cm³/mol. The van der Waals surface area contributed by atoms with Gasteiger partial charge in [-0.25, -0.2) is 0 Å². The second kappa shape index (κ2) is 10.9. The SMILES string of the molecule is NCCCC[C@H](N)C(=O)NC(=O)c1ccc(/C(=C/C(N)=O)c2ccccc2)cc1. The highest BCUT2D eigenvalue weighted by atomic mass is 16.2. The molecule has 7 heteroatoms. The topological polar surface area (TPSA) is 141 Å². The van der Waals surface area contributed by atoms with Crippen molar-refractivity contribution < 1.29 is 14.4 Å². The van der Waals surface area contributed by atoms with E-state index in [0.717, 1.165) is 24.0 Å². The lowest BCUT2D eigenvalue weighted by Crippen LogP contribution is -2.43. The molecule has 0 saturated heterocycles. The molecule has 7 nitrogen and oxygen atoms in total. The average molecular weight is 394 g/mol. The van der Waals surface area contributed by atoms with Crippen molar-refractivity contribution in [2.45, 2.75) is 25.3 Å². The van der Waals surface area contributed by atoms with Crippen LogP contribution in [0.15, 0.2) is 60.7 Å². The number of benzene rings is 2. The number of hydrogen-bond acceptors (Lipinski definition) is 5. The lowest BCUT2D eigenvalue weighted by Gasteiger charge is -2.12. The van der Waals surface area contributed by atoms with E-state index in [9.17, 15) is 14.4 Å². The molecule has 29 heavy (non-hydrogen) atoms. The Morgan fingerprint density at radius 1 is 0.897 bits per heavy atom. The van der Waals surface area contributed by atoms with E-state index in [0.29, 0.717) is 24.1 Å². The first kappa shape index (κ1) is 22.0. The van der Waals surface area contributed by atoms with Crippen LogP contribution >= 0.6 is 0 Å². The summed E-state index contributed by atoms with van der Waals surface area (Å²) in [5.41, 5.74) is 19.0. The molecule has 0 heterocycles. The maximum atomic E-state index is 12.3. The molecule has 0 radical (unpaired) electrons. The van der Waals surface area contributed by atoms with E-state index in [2.05, 4.69) is 5.32 Å². The van der Waals surface area contributed by atoms with Gasteiger partial charge in [-0.1, -0.05) is 48.9 Å². The van der Waals surface area contributed by atoms with Gasteiger partial charge in [0.05, 0.1) is 6.04 Å². The first-order valence-electron chi connectivity index (χ1n) is 9.40. The fourth-order valence-electron chi connectivity index (χ4n) is 2.81. The summed E-state index contributed by atoms with van der Waals surface area (Å²) in [6, 6.07) is 15.1. The van der Waals surface area contributed by atoms with E-state index in [1.54, 1.807) is 24.3 Å². The van der Waals surface area contributed by atoms with Gasteiger partial charge in [0, 0.05) is 11.6 Å². The van der Waals surface area contributed by atoms with Gasteiger partial charge < -0.3 is 17.2 Å². The summed E-state index contributed by atoms with van der Waals surface area (Å²) in [6.07, 6.45) is 3.31. The van der Waals surface area contributed by atoms with Crippen LogP contribution < -0.4 is 22.5 Å². The Morgan fingerprint density at radius 2 is 1.48 bits per heavy atom. The Kier molecular flexibility index (Phi) is 8.27. The maximum Gasteiger partial charge on any atom is 0.257 e. The summed E-state index contributed by atoms with van der Waals surface area (Å²) in [5.74, 6) is -1.62. The third kappa shape index (κ3) is 6.67. The molecule has 0 aliphatic rings. The van der Waals surface area contributed by atoms with Gasteiger partial charge in [0.1, 0.15) is 0 Å². The summed E-state index contributed by atoms with van der Waals surface area (Å²) in [7, 11) is 0. The Morgan fingerprint density at radius 3 is 2.07 bits per heavy atom. The standard InChI is InChI=1S/C22H26N4O3/c23-13-5-4-8-19(24)22(29)26-21(28)17-11-9-16(10-12-17)18(14-20(25)27)15-6-2-1-3-7-15/h1-3,6-7,9-12,14,19H,4-5,8,13,23-24H2,(H2,25,27)(H,26,28,29)/b18-14+/t19-/m0/s1. The summed E-state index contributed by atoms with van der Waals surface area (Å²) < 4.78 is 0. The number of primary amides is 1. The van der Waals surface area contributed by atoms with Gasteiger partial charge in [0.15, 0.2) is 0 Å². The molecule has 0 fully saturated rings. The molecule has 0 unspecified atom stereocenters. The van der Waals surface area contributed by atoms with Crippen LogP contribution in [-0.2, 0) is 9.59 Å². The number of hydrogen-bond donors (Lipinski definition) is 4. The minimum atomic E-state index is -0.757. The Hall–Kier alpha value is -3.29. The second-order valence-electron chi connectivity index (χ2n) is 6.61. The molecule has 2 aromatic rings. The van der Waals surface area contributed by atoms with Crippen molar-refractivity contribution >= 4 is 23.3 Å². The number of imide groups is 1. The molecule has 7 N–H and O–H groups in total. The fraction of sp³-hybridized carbons (Fsp3) is 0.227. The molecule has 0 spiro atoms. The minimum absolute atomic E-state index is 0.308. The monoisotopic (exact) mass is 394 g/mol. The largest absolute Gasteiger partial charge is 0.366 e. The molecule has 0 aliphatic heterocycles. The van der Waals surface area contributed by atoms with Crippen LogP contribution in [0, 0.1) is 0 Å². The van der Waals surface area contributed by atoms with Gasteiger partial charge in [-0.15, -0.1) is 0 Å². The van der Waals surface area contributed by atoms with E-state index >= 15 is 0 Å². The molecule has 3 amide bonds. The number of rotatable bonds is 9. The summed E-state index contributed by atoms with van der Waals surface area (Å²) in [4.78, 5) is 35.8. The molecule has 0 bridgehead atoms. The smallest absolute Gasteiger partial charge is 0.257 e. The molecule has 0 saturated carbocycles. The molecule has 2 aromatic carbocycles. The second-order valence-corrected chi connectivity index (χ2v) is 6.61. The van der Waals surface area contributed by atoms with Crippen LogP contribution in [0.4, 0.5) is 0 Å². The van der Waals surface area contributed by atoms with Gasteiger partial charge in [-0.2, -0.15) is 0 Å². The van der Waals surface area contributed by atoms with Crippen molar-refractivity contribution in [3.05, 3.63) is 77.4 Å². The first-order chi connectivity index (χ1) is 13.9. The zero-order chi connectivity index (χ0) is 21.2.